The van der Waals surface area contributed by atoms with E-state index in [4.69, 9.17) is 4.74 Å². The van der Waals surface area contributed by atoms with Gasteiger partial charge in [0.05, 0.1) is 29.3 Å². The number of allylic oxidation sites excluding steroid dienone is 2. The fourth-order valence-corrected chi connectivity index (χ4v) is 5.14. The summed E-state index contributed by atoms with van der Waals surface area (Å²) in [5.41, 5.74) is -3.24. The number of anilines is 1. The average molecular weight is 495 g/mol. The van der Waals surface area contributed by atoms with E-state index in [-0.39, 0.29) is 29.8 Å². The number of halogens is 6. The number of nitrogens with zero attached hydrogens (tertiary/aromatic N) is 1. The summed E-state index contributed by atoms with van der Waals surface area (Å²) in [5, 5.41) is 0. The predicted molar refractivity (Wildman–Crippen MR) is 113 cm³/mol. The maximum Gasteiger partial charge on any atom is 0.417 e. The van der Waals surface area contributed by atoms with Crippen LogP contribution < -0.4 is 4.90 Å². The van der Waals surface area contributed by atoms with Crippen molar-refractivity contribution in [1.82, 2.24) is 0 Å². The minimum absolute atomic E-state index is 0.0125. The Kier molecular flexibility index (Phi) is 5.54. The second kappa shape index (κ2) is 8.22. The van der Waals surface area contributed by atoms with Crippen molar-refractivity contribution in [2.75, 3.05) is 11.5 Å². The highest BCUT2D eigenvalue weighted by atomic mass is 19.4. The SMILES string of the molecule is O=C(Cc1ccc(N2C3CCC2OC3)cc1C(F)(F)F)C1=CCc2cccc(C(F)(F)F)c2C1=O. The van der Waals surface area contributed by atoms with Crippen LogP contribution in [-0.2, 0) is 34.7 Å². The minimum atomic E-state index is -4.81. The maximum absolute atomic E-state index is 13.9. The van der Waals surface area contributed by atoms with Crippen LogP contribution in [0.1, 0.15) is 45.5 Å². The maximum atomic E-state index is 13.9. The Morgan fingerprint density at radius 1 is 1.00 bits per heavy atom. The molecule has 2 atom stereocenters. The summed E-state index contributed by atoms with van der Waals surface area (Å²) in [6.07, 6.45) is -8.03. The second-order valence-electron chi connectivity index (χ2n) is 8.85. The molecule has 2 bridgehead atoms. The summed E-state index contributed by atoms with van der Waals surface area (Å²) < 4.78 is 87.6. The Labute approximate surface area is 196 Å². The average Bonchev–Trinajstić information content (AvgIpc) is 3.38. The van der Waals surface area contributed by atoms with Crippen LogP contribution in [0.2, 0.25) is 0 Å². The highest BCUT2D eigenvalue weighted by molar-refractivity contribution is 6.28. The van der Waals surface area contributed by atoms with Crippen molar-refractivity contribution in [3.05, 3.63) is 75.9 Å². The molecule has 0 saturated carbocycles. The molecule has 2 unspecified atom stereocenters. The predicted octanol–water partition coefficient (Wildman–Crippen LogP) is 5.53. The van der Waals surface area contributed by atoms with Crippen LogP contribution in [0.3, 0.4) is 0 Å². The molecular formula is C25H19F6NO3. The van der Waals surface area contributed by atoms with Crippen molar-refractivity contribution < 1.29 is 40.7 Å². The number of carbonyl (C=O) groups is 2. The lowest BCUT2D eigenvalue weighted by molar-refractivity contribution is -0.139. The molecule has 184 valence electrons. The van der Waals surface area contributed by atoms with Gasteiger partial charge >= 0.3 is 12.4 Å². The van der Waals surface area contributed by atoms with Crippen molar-refractivity contribution >= 4 is 17.3 Å². The molecule has 0 amide bonds. The highest BCUT2D eigenvalue weighted by Gasteiger charge is 2.43. The first-order chi connectivity index (χ1) is 16.4. The topological polar surface area (TPSA) is 46.6 Å². The number of benzene rings is 2. The number of carbonyl (C=O) groups excluding carboxylic acids is 2. The van der Waals surface area contributed by atoms with E-state index in [1.165, 1.54) is 30.3 Å². The molecule has 2 saturated heterocycles. The van der Waals surface area contributed by atoms with Gasteiger partial charge in [-0.3, -0.25) is 9.59 Å². The smallest absolute Gasteiger partial charge is 0.356 e. The van der Waals surface area contributed by atoms with E-state index in [0.717, 1.165) is 18.6 Å². The molecule has 0 spiro atoms. The van der Waals surface area contributed by atoms with E-state index in [1.54, 1.807) is 4.90 Å². The molecule has 5 rings (SSSR count). The van der Waals surface area contributed by atoms with E-state index in [2.05, 4.69) is 0 Å². The van der Waals surface area contributed by atoms with Crippen molar-refractivity contribution in [3.8, 4) is 0 Å². The molecule has 0 radical (unpaired) electrons. The molecule has 3 aliphatic rings. The Balaban J connectivity index is 1.45. The van der Waals surface area contributed by atoms with Gasteiger partial charge < -0.3 is 9.64 Å². The van der Waals surface area contributed by atoms with Gasteiger partial charge in [0.1, 0.15) is 6.23 Å². The molecule has 4 nitrogen and oxygen atoms in total. The monoisotopic (exact) mass is 495 g/mol. The van der Waals surface area contributed by atoms with Crippen LogP contribution in [0.4, 0.5) is 32.0 Å². The number of ketones is 2. The molecule has 35 heavy (non-hydrogen) atoms. The van der Waals surface area contributed by atoms with Gasteiger partial charge in [-0.2, -0.15) is 26.3 Å². The Hall–Kier alpha value is -3.14. The first kappa shape index (κ1) is 23.6. The molecule has 2 heterocycles. The lowest BCUT2D eigenvalue weighted by atomic mass is 9.84. The first-order valence-corrected chi connectivity index (χ1v) is 11.0. The third-order valence-electron chi connectivity index (χ3n) is 6.73. The summed E-state index contributed by atoms with van der Waals surface area (Å²) in [7, 11) is 0. The Morgan fingerprint density at radius 2 is 1.74 bits per heavy atom. The number of fused-ring (bicyclic) bond motifs is 3. The third-order valence-corrected chi connectivity index (χ3v) is 6.73. The van der Waals surface area contributed by atoms with Gasteiger partial charge in [0.25, 0.3) is 0 Å². The number of alkyl halides is 6. The van der Waals surface area contributed by atoms with Gasteiger partial charge in [-0.15, -0.1) is 0 Å². The summed E-state index contributed by atoms with van der Waals surface area (Å²) in [6.45, 7) is 0.434. The van der Waals surface area contributed by atoms with E-state index in [0.29, 0.717) is 18.7 Å². The van der Waals surface area contributed by atoms with E-state index in [1.807, 2.05) is 0 Å². The van der Waals surface area contributed by atoms with Gasteiger partial charge in [0.15, 0.2) is 11.6 Å². The number of rotatable bonds is 4. The summed E-state index contributed by atoms with van der Waals surface area (Å²) in [6, 6.07) is 6.90. The van der Waals surface area contributed by atoms with Crippen LogP contribution in [0.15, 0.2) is 48.0 Å². The zero-order valence-corrected chi connectivity index (χ0v) is 18.2. The number of hydrogen-bond donors (Lipinski definition) is 0. The number of hydrogen-bond acceptors (Lipinski definition) is 4. The standard InChI is InChI=1S/C25H19F6NO3/c26-24(27,28)18-3-1-2-13-5-8-17(23(34)22(13)18)20(33)10-14-4-6-15(11-19(14)25(29,30)31)32-16-7-9-21(32)35-12-16/h1-4,6,8,11,16,21H,5,7,9-10,12H2. The number of ether oxygens (including phenoxy) is 1. The van der Waals surface area contributed by atoms with Crippen molar-refractivity contribution in [2.45, 2.75) is 50.3 Å². The lowest BCUT2D eigenvalue weighted by Crippen LogP contribution is -2.29. The van der Waals surface area contributed by atoms with Crippen LogP contribution in [0.5, 0.6) is 0 Å². The van der Waals surface area contributed by atoms with Crippen molar-refractivity contribution in [1.29, 1.82) is 0 Å². The van der Waals surface area contributed by atoms with Gasteiger partial charge in [-0.05, 0) is 48.6 Å². The molecule has 2 aromatic rings. The summed E-state index contributed by atoms with van der Waals surface area (Å²) in [5.74, 6) is -2.08. The fraction of sp³-hybridized carbons (Fsp3) is 0.360. The zero-order valence-electron chi connectivity index (χ0n) is 18.2. The molecular weight excluding hydrogens is 476 g/mol. The normalized spacial score (nSPS) is 21.8. The molecule has 0 aromatic heterocycles. The molecule has 10 heteroatoms. The van der Waals surface area contributed by atoms with E-state index in [9.17, 15) is 35.9 Å². The highest BCUT2D eigenvalue weighted by Crippen LogP contribution is 2.41. The first-order valence-electron chi connectivity index (χ1n) is 11.0. The third kappa shape index (κ3) is 4.13. The zero-order chi connectivity index (χ0) is 25.1. The van der Waals surface area contributed by atoms with Crippen LogP contribution in [0.25, 0.3) is 0 Å². The molecule has 2 fully saturated rings. The molecule has 2 aromatic carbocycles. The van der Waals surface area contributed by atoms with Gasteiger partial charge in [0.2, 0.25) is 0 Å². The minimum Gasteiger partial charge on any atom is -0.356 e. The summed E-state index contributed by atoms with van der Waals surface area (Å²) in [4.78, 5) is 27.6. The fourth-order valence-electron chi connectivity index (χ4n) is 5.14. The summed E-state index contributed by atoms with van der Waals surface area (Å²) >= 11 is 0. The Bertz CT molecular complexity index is 1230. The van der Waals surface area contributed by atoms with Gasteiger partial charge in [-0.25, -0.2) is 0 Å². The van der Waals surface area contributed by atoms with Crippen LogP contribution >= 0.6 is 0 Å². The lowest BCUT2D eigenvalue weighted by Gasteiger charge is -2.24. The number of Topliss-reactive ketones (excluding diaryl/α,β-unsaturated/α-hetero) is 2. The quantitative estimate of drug-likeness (QED) is 0.414. The van der Waals surface area contributed by atoms with Crippen molar-refractivity contribution in [3.63, 3.8) is 0 Å². The van der Waals surface area contributed by atoms with E-state index >= 15 is 0 Å². The van der Waals surface area contributed by atoms with Gasteiger partial charge in [0, 0.05) is 17.7 Å². The van der Waals surface area contributed by atoms with Gasteiger partial charge in [-0.1, -0.05) is 24.3 Å². The van der Waals surface area contributed by atoms with E-state index < -0.39 is 52.6 Å². The second-order valence-corrected chi connectivity index (χ2v) is 8.85. The largest absolute Gasteiger partial charge is 0.417 e. The molecule has 2 aliphatic heterocycles. The van der Waals surface area contributed by atoms with Crippen LogP contribution in [0, 0.1) is 0 Å². The molecule has 0 N–H and O–H groups in total. The Morgan fingerprint density at radius 3 is 2.34 bits per heavy atom. The molecule has 1 aliphatic carbocycles. The van der Waals surface area contributed by atoms with Crippen LogP contribution in [-0.4, -0.2) is 30.4 Å². The van der Waals surface area contributed by atoms with Crippen molar-refractivity contribution in [2.24, 2.45) is 0 Å².